The fourth-order valence-electron chi connectivity index (χ4n) is 2.26. The van der Waals surface area contributed by atoms with Crippen molar-refractivity contribution in [1.29, 1.82) is 0 Å². The molecule has 0 atom stereocenters. The summed E-state index contributed by atoms with van der Waals surface area (Å²) in [7, 11) is 0. The number of hydrogen-bond acceptors (Lipinski definition) is 4. The zero-order chi connectivity index (χ0) is 14.7. The van der Waals surface area contributed by atoms with E-state index in [2.05, 4.69) is 58.4 Å². The lowest BCUT2D eigenvalue weighted by Gasteiger charge is -2.26. The fourth-order valence-corrected chi connectivity index (χ4v) is 2.26. The standard InChI is InChI=1S/C17H18N4/c1-17(2,13-6-4-3-5-7-13)12-20-15-9-8-14-16(21-15)19-11-10-18-14/h3-11H,12H2,1-2H3,(H,19,20,21). The van der Waals surface area contributed by atoms with E-state index in [9.17, 15) is 0 Å². The van der Waals surface area contributed by atoms with Gasteiger partial charge in [-0.3, -0.25) is 4.98 Å². The van der Waals surface area contributed by atoms with Crippen LogP contribution in [0.1, 0.15) is 19.4 Å². The van der Waals surface area contributed by atoms with E-state index >= 15 is 0 Å². The summed E-state index contributed by atoms with van der Waals surface area (Å²) in [5.41, 5.74) is 2.81. The number of anilines is 1. The Bertz CT molecular complexity index is 738. The van der Waals surface area contributed by atoms with Crippen molar-refractivity contribution in [3.05, 3.63) is 60.4 Å². The summed E-state index contributed by atoms with van der Waals surface area (Å²) >= 11 is 0. The van der Waals surface area contributed by atoms with Gasteiger partial charge in [-0.05, 0) is 17.7 Å². The molecule has 0 aliphatic carbocycles. The van der Waals surface area contributed by atoms with E-state index < -0.39 is 0 Å². The van der Waals surface area contributed by atoms with Gasteiger partial charge in [0, 0.05) is 24.4 Å². The normalized spacial score (nSPS) is 11.5. The van der Waals surface area contributed by atoms with Crippen LogP contribution in [0, 0.1) is 0 Å². The van der Waals surface area contributed by atoms with Crippen molar-refractivity contribution in [2.45, 2.75) is 19.3 Å². The van der Waals surface area contributed by atoms with Gasteiger partial charge in [0.15, 0.2) is 5.65 Å². The quantitative estimate of drug-likeness (QED) is 0.794. The zero-order valence-electron chi connectivity index (χ0n) is 12.2. The summed E-state index contributed by atoms with van der Waals surface area (Å²) in [6, 6.07) is 14.4. The molecule has 106 valence electrons. The average molecular weight is 278 g/mol. The third kappa shape index (κ3) is 2.99. The molecule has 0 unspecified atom stereocenters. The van der Waals surface area contributed by atoms with E-state index in [1.807, 2.05) is 18.2 Å². The van der Waals surface area contributed by atoms with Gasteiger partial charge in [-0.1, -0.05) is 44.2 Å². The van der Waals surface area contributed by atoms with Crippen molar-refractivity contribution >= 4 is 17.0 Å². The van der Waals surface area contributed by atoms with Crippen molar-refractivity contribution in [2.24, 2.45) is 0 Å². The molecule has 0 spiro atoms. The van der Waals surface area contributed by atoms with E-state index in [-0.39, 0.29) is 5.41 Å². The highest BCUT2D eigenvalue weighted by molar-refractivity contribution is 5.71. The lowest BCUT2D eigenvalue weighted by atomic mass is 9.84. The molecule has 2 aromatic heterocycles. The molecule has 0 aliphatic rings. The van der Waals surface area contributed by atoms with Gasteiger partial charge >= 0.3 is 0 Å². The Balaban J connectivity index is 1.77. The van der Waals surface area contributed by atoms with Crippen molar-refractivity contribution in [1.82, 2.24) is 15.0 Å². The van der Waals surface area contributed by atoms with Crippen LogP contribution in [0.15, 0.2) is 54.9 Å². The molecular weight excluding hydrogens is 260 g/mol. The number of rotatable bonds is 4. The predicted molar refractivity (Wildman–Crippen MR) is 85.3 cm³/mol. The van der Waals surface area contributed by atoms with Gasteiger partial charge in [-0.15, -0.1) is 0 Å². The number of fused-ring (bicyclic) bond motifs is 1. The molecule has 3 rings (SSSR count). The van der Waals surface area contributed by atoms with Gasteiger partial charge < -0.3 is 5.32 Å². The molecule has 0 radical (unpaired) electrons. The molecule has 0 aliphatic heterocycles. The van der Waals surface area contributed by atoms with Crippen LogP contribution in [0.3, 0.4) is 0 Å². The largest absolute Gasteiger partial charge is 0.369 e. The third-order valence-electron chi connectivity index (χ3n) is 3.60. The van der Waals surface area contributed by atoms with Crippen LogP contribution in [-0.2, 0) is 5.41 Å². The van der Waals surface area contributed by atoms with Crippen molar-refractivity contribution in [2.75, 3.05) is 11.9 Å². The Morgan fingerprint density at radius 2 is 1.71 bits per heavy atom. The number of aromatic nitrogens is 3. The smallest absolute Gasteiger partial charge is 0.180 e. The minimum absolute atomic E-state index is 0.0280. The Morgan fingerprint density at radius 1 is 0.952 bits per heavy atom. The van der Waals surface area contributed by atoms with Crippen LogP contribution < -0.4 is 5.32 Å². The van der Waals surface area contributed by atoms with Crippen LogP contribution in [0.4, 0.5) is 5.82 Å². The van der Waals surface area contributed by atoms with E-state index in [0.29, 0.717) is 5.65 Å². The number of hydrogen-bond donors (Lipinski definition) is 1. The van der Waals surface area contributed by atoms with Crippen LogP contribution in [0.5, 0.6) is 0 Å². The van der Waals surface area contributed by atoms with Gasteiger partial charge in [0.2, 0.25) is 0 Å². The van der Waals surface area contributed by atoms with Gasteiger partial charge in [0.05, 0.1) is 0 Å². The molecule has 21 heavy (non-hydrogen) atoms. The summed E-state index contributed by atoms with van der Waals surface area (Å²) < 4.78 is 0. The number of nitrogens with one attached hydrogen (secondary N) is 1. The highest BCUT2D eigenvalue weighted by atomic mass is 15.0. The maximum atomic E-state index is 4.49. The van der Waals surface area contributed by atoms with Gasteiger partial charge in [-0.25, -0.2) is 9.97 Å². The van der Waals surface area contributed by atoms with E-state index in [1.165, 1.54) is 5.56 Å². The summed E-state index contributed by atoms with van der Waals surface area (Å²) in [4.78, 5) is 12.9. The molecule has 0 saturated heterocycles. The topological polar surface area (TPSA) is 50.7 Å². The molecule has 4 nitrogen and oxygen atoms in total. The molecule has 4 heteroatoms. The van der Waals surface area contributed by atoms with Crippen LogP contribution >= 0.6 is 0 Å². The number of nitrogens with zero attached hydrogens (tertiary/aromatic N) is 3. The van der Waals surface area contributed by atoms with Gasteiger partial charge in [0.1, 0.15) is 11.3 Å². The van der Waals surface area contributed by atoms with Crippen LogP contribution in [0.25, 0.3) is 11.2 Å². The monoisotopic (exact) mass is 278 g/mol. The van der Waals surface area contributed by atoms with Crippen LogP contribution in [-0.4, -0.2) is 21.5 Å². The molecule has 3 aromatic rings. The number of benzene rings is 1. The maximum absolute atomic E-state index is 4.49. The predicted octanol–water partition coefficient (Wildman–Crippen LogP) is 3.41. The molecule has 0 bridgehead atoms. The van der Waals surface area contributed by atoms with Gasteiger partial charge in [-0.2, -0.15) is 0 Å². The van der Waals surface area contributed by atoms with Gasteiger partial charge in [0.25, 0.3) is 0 Å². The van der Waals surface area contributed by atoms with E-state index in [0.717, 1.165) is 17.9 Å². The zero-order valence-corrected chi connectivity index (χ0v) is 12.2. The first kappa shape index (κ1) is 13.5. The lowest BCUT2D eigenvalue weighted by Crippen LogP contribution is -2.27. The highest BCUT2D eigenvalue weighted by Gasteiger charge is 2.20. The molecule has 1 N–H and O–H groups in total. The molecular formula is C17H18N4. The Labute approximate surface area is 124 Å². The second kappa shape index (κ2) is 5.48. The van der Waals surface area contributed by atoms with Crippen molar-refractivity contribution < 1.29 is 0 Å². The Kier molecular flexibility index (Phi) is 3.52. The highest BCUT2D eigenvalue weighted by Crippen LogP contribution is 2.23. The molecule has 2 heterocycles. The van der Waals surface area contributed by atoms with E-state index in [1.54, 1.807) is 12.4 Å². The van der Waals surface area contributed by atoms with Crippen molar-refractivity contribution in [3.63, 3.8) is 0 Å². The minimum atomic E-state index is 0.0280. The first-order chi connectivity index (χ1) is 10.1. The fraction of sp³-hybridized carbons (Fsp3) is 0.235. The molecule has 0 saturated carbocycles. The second-order valence-electron chi connectivity index (χ2n) is 5.70. The first-order valence-electron chi connectivity index (χ1n) is 7.02. The number of pyridine rings is 1. The first-order valence-corrected chi connectivity index (χ1v) is 7.02. The minimum Gasteiger partial charge on any atom is -0.369 e. The molecule has 0 amide bonds. The summed E-state index contributed by atoms with van der Waals surface area (Å²) in [5, 5.41) is 3.40. The summed E-state index contributed by atoms with van der Waals surface area (Å²) in [6.07, 6.45) is 3.34. The molecule has 0 fully saturated rings. The Hall–Kier alpha value is -2.49. The average Bonchev–Trinajstić information content (AvgIpc) is 2.54. The van der Waals surface area contributed by atoms with E-state index in [4.69, 9.17) is 0 Å². The second-order valence-corrected chi connectivity index (χ2v) is 5.70. The summed E-state index contributed by atoms with van der Waals surface area (Å²) in [5.74, 6) is 0.826. The van der Waals surface area contributed by atoms with Crippen molar-refractivity contribution in [3.8, 4) is 0 Å². The third-order valence-corrected chi connectivity index (χ3v) is 3.60. The molecule has 1 aromatic carbocycles. The lowest BCUT2D eigenvalue weighted by molar-refractivity contribution is 0.556. The van der Waals surface area contributed by atoms with Crippen LogP contribution in [0.2, 0.25) is 0 Å². The Morgan fingerprint density at radius 3 is 2.52 bits per heavy atom. The SMILES string of the molecule is CC(C)(CNc1ccc2nccnc2n1)c1ccccc1. The maximum Gasteiger partial charge on any atom is 0.180 e. The summed E-state index contributed by atoms with van der Waals surface area (Å²) in [6.45, 7) is 5.24.